The summed E-state index contributed by atoms with van der Waals surface area (Å²) in [6.45, 7) is -0.417. The highest BCUT2D eigenvalue weighted by Crippen LogP contribution is 2.22. The first-order chi connectivity index (χ1) is 12.5. The molecule has 0 heterocycles. The number of rotatable bonds is 5. The molecule has 0 aliphatic rings. The van der Waals surface area contributed by atoms with Gasteiger partial charge in [-0.3, -0.25) is 9.59 Å². The van der Waals surface area contributed by atoms with Crippen LogP contribution in [-0.2, 0) is 9.53 Å². The molecule has 0 spiro atoms. The molecule has 6 nitrogen and oxygen atoms in total. The second-order valence-electron chi connectivity index (χ2n) is 5.59. The molecule has 2 amide bonds. The van der Waals surface area contributed by atoms with Crippen LogP contribution in [0, 0.1) is 0 Å². The first kappa shape index (κ1) is 17.2. The van der Waals surface area contributed by atoms with Crippen molar-refractivity contribution in [2.75, 3.05) is 11.9 Å². The lowest BCUT2D eigenvalue weighted by atomic mass is 10.1. The summed E-state index contributed by atoms with van der Waals surface area (Å²) in [6.07, 6.45) is 0. The number of nitrogens with one attached hydrogen (secondary N) is 1. The van der Waals surface area contributed by atoms with E-state index in [0.717, 1.165) is 10.8 Å². The molecule has 0 saturated carbocycles. The zero-order valence-corrected chi connectivity index (χ0v) is 13.8. The van der Waals surface area contributed by atoms with E-state index in [9.17, 15) is 14.4 Å². The zero-order valence-electron chi connectivity index (χ0n) is 13.8. The number of carbonyl (C=O) groups excluding carboxylic acids is 3. The third-order valence-electron chi connectivity index (χ3n) is 3.80. The predicted molar refractivity (Wildman–Crippen MR) is 97.8 cm³/mol. The van der Waals surface area contributed by atoms with Gasteiger partial charge < -0.3 is 15.8 Å². The standard InChI is InChI=1S/C20H16N2O4/c21-19(24)14-8-10-15(11-9-14)20(25)26-12-18(23)22-17-7-3-5-13-4-1-2-6-16(13)17/h1-11H,12H2,(H2,21,24)(H,22,23). The van der Waals surface area contributed by atoms with Gasteiger partial charge in [-0.2, -0.15) is 0 Å². The summed E-state index contributed by atoms with van der Waals surface area (Å²) in [4.78, 5) is 35.1. The van der Waals surface area contributed by atoms with Gasteiger partial charge in [0.05, 0.1) is 5.56 Å². The number of ether oxygens (including phenoxy) is 1. The Morgan fingerprint density at radius 3 is 2.23 bits per heavy atom. The van der Waals surface area contributed by atoms with Crippen LogP contribution >= 0.6 is 0 Å². The van der Waals surface area contributed by atoms with Crippen LogP contribution in [0.2, 0.25) is 0 Å². The Bertz CT molecular complexity index is 975. The van der Waals surface area contributed by atoms with Crippen LogP contribution in [0.1, 0.15) is 20.7 Å². The number of fused-ring (bicyclic) bond motifs is 1. The Hall–Kier alpha value is -3.67. The first-order valence-corrected chi connectivity index (χ1v) is 7.89. The fraction of sp³-hybridized carbons (Fsp3) is 0.0500. The van der Waals surface area contributed by atoms with Gasteiger partial charge in [-0.1, -0.05) is 36.4 Å². The van der Waals surface area contributed by atoms with Crippen molar-refractivity contribution < 1.29 is 19.1 Å². The van der Waals surface area contributed by atoms with Crippen LogP contribution in [0.5, 0.6) is 0 Å². The molecule has 0 saturated heterocycles. The van der Waals surface area contributed by atoms with Crippen LogP contribution in [-0.4, -0.2) is 24.4 Å². The first-order valence-electron chi connectivity index (χ1n) is 7.89. The minimum Gasteiger partial charge on any atom is -0.452 e. The minimum atomic E-state index is -0.658. The average Bonchev–Trinajstić information content (AvgIpc) is 2.66. The van der Waals surface area contributed by atoms with Crippen LogP contribution < -0.4 is 11.1 Å². The summed E-state index contributed by atoms with van der Waals surface area (Å²) < 4.78 is 5.01. The Kier molecular flexibility index (Phi) is 4.94. The molecule has 26 heavy (non-hydrogen) atoms. The smallest absolute Gasteiger partial charge is 0.338 e. The number of carbonyl (C=O) groups is 3. The van der Waals surface area contributed by atoms with Crippen LogP contribution in [0.15, 0.2) is 66.7 Å². The van der Waals surface area contributed by atoms with E-state index < -0.39 is 24.4 Å². The van der Waals surface area contributed by atoms with Crippen molar-refractivity contribution in [1.29, 1.82) is 0 Å². The van der Waals surface area contributed by atoms with Gasteiger partial charge in [0, 0.05) is 16.6 Å². The Morgan fingerprint density at radius 2 is 1.50 bits per heavy atom. The lowest BCUT2D eigenvalue weighted by Crippen LogP contribution is -2.21. The molecular weight excluding hydrogens is 332 g/mol. The van der Waals surface area contributed by atoms with E-state index in [0.29, 0.717) is 5.69 Å². The number of esters is 1. The van der Waals surface area contributed by atoms with E-state index in [4.69, 9.17) is 10.5 Å². The van der Waals surface area contributed by atoms with Gasteiger partial charge in [0.25, 0.3) is 5.91 Å². The van der Waals surface area contributed by atoms with E-state index in [2.05, 4.69) is 5.32 Å². The molecule has 6 heteroatoms. The highest BCUT2D eigenvalue weighted by molar-refractivity contribution is 6.03. The molecule has 3 N–H and O–H groups in total. The summed E-state index contributed by atoms with van der Waals surface area (Å²) >= 11 is 0. The number of benzene rings is 3. The van der Waals surface area contributed by atoms with Crippen molar-refractivity contribution in [2.24, 2.45) is 5.73 Å². The summed E-state index contributed by atoms with van der Waals surface area (Å²) in [5.74, 6) is -1.68. The molecule has 0 atom stereocenters. The highest BCUT2D eigenvalue weighted by Gasteiger charge is 2.12. The lowest BCUT2D eigenvalue weighted by Gasteiger charge is -2.09. The van der Waals surface area contributed by atoms with Gasteiger partial charge in [0.2, 0.25) is 5.91 Å². The van der Waals surface area contributed by atoms with Crippen molar-refractivity contribution >= 4 is 34.2 Å². The third-order valence-corrected chi connectivity index (χ3v) is 3.80. The van der Waals surface area contributed by atoms with E-state index in [1.807, 2.05) is 36.4 Å². The van der Waals surface area contributed by atoms with Gasteiger partial charge in [0.15, 0.2) is 6.61 Å². The molecule has 0 unspecified atom stereocenters. The van der Waals surface area contributed by atoms with Gasteiger partial charge in [0.1, 0.15) is 0 Å². The maximum Gasteiger partial charge on any atom is 0.338 e. The molecule has 130 valence electrons. The second kappa shape index (κ2) is 7.48. The molecule has 0 bridgehead atoms. The van der Waals surface area contributed by atoms with Crippen molar-refractivity contribution in [3.63, 3.8) is 0 Å². The Morgan fingerprint density at radius 1 is 0.846 bits per heavy atom. The summed E-state index contributed by atoms with van der Waals surface area (Å²) in [5, 5.41) is 4.64. The monoisotopic (exact) mass is 348 g/mol. The van der Waals surface area contributed by atoms with Gasteiger partial charge >= 0.3 is 5.97 Å². The van der Waals surface area contributed by atoms with Gasteiger partial charge in [-0.05, 0) is 35.7 Å². The summed E-state index contributed by atoms with van der Waals surface area (Å²) in [6, 6.07) is 18.9. The van der Waals surface area contributed by atoms with Crippen molar-refractivity contribution in [2.45, 2.75) is 0 Å². The number of hydrogen-bond acceptors (Lipinski definition) is 4. The third kappa shape index (κ3) is 3.87. The quantitative estimate of drug-likeness (QED) is 0.693. The maximum atomic E-state index is 12.1. The molecule has 0 aliphatic carbocycles. The minimum absolute atomic E-state index is 0.230. The fourth-order valence-electron chi connectivity index (χ4n) is 2.51. The molecule has 3 rings (SSSR count). The van der Waals surface area contributed by atoms with Crippen LogP contribution in [0.25, 0.3) is 10.8 Å². The predicted octanol–water partition coefficient (Wildman–Crippen LogP) is 2.73. The Balaban J connectivity index is 1.61. The van der Waals surface area contributed by atoms with Gasteiger partial charge in [-0.25, -0.2) is 4.79 Å². The maximum absolute atomic E-state index is 12.1. The van der Waals surface area contributed by atoms with E-state index in [1.54, 1.807) is 6.07 Å². The largest absolute Gasteiger partial charge is 0.452 e. The van der Waals surface area contributed by atoms with E-state index in [-0.39, 0.29) is 11.1 Å². The highest BCUT2D eigenvalue weighted by atomic mass is 16.5. The van der Waals surface area contributed by atoms with Crippen LogP contribution in [0.3, 0.4) is 0 Å². The van der Waals surface area contributed by atoms with Crippen molar-refractivity contribution in [1.82, 2.24) is 0 Å². The summed E-state index contributed by atoms with van der Waals surface area (Å²) in [5.41, 5.74) is 6.31. The Labute approximate surface area is 149 Å². The molecule has 0 aromatic heterocycles. The lowest BCUT2D eigenvalue weighted by molar-refractivity contribution is -0.119. The van der Waals surface area contributed by atoms with Crippen LogP contribution in [0.4, 0.5) is 5.69 Å². The topological polar surface area (TPSA) is 98.5 Å². The van der Waals surface area contributed by atoms with Gasteiger partial charge in [-0.15, -0.1) is 0 Å². The SMILES string of the molecule is NC(=O)c1ccc(C(=O)OCC(=O)Nc2cccc3ccccc23)cc1. The molecule has 3 aromatic rings. The number of nitrogens with two attached hydrogens (primary N) is 1. The fourth-order valence-corrected chi connectivity index (χ4v) is 2.51. The molecule has 0 radical (unpaired) electrons. The number of amides is 2. The molecular formula is C20H16N2O4. The second-order valence-corrected chi connectivity index (χ2v) is 5.59. The van der Waals surface area contributed by atoms with E-state index >= 15 is 0 Å². The molecule has 0 aliphatic heterocycles. The number of hydrogen-bond donors (Lipinski definition) is 2. The van der Waals surface area contributed by atoms with Crippen molar-refractivity contribution in [3.05, 3.63) is 77.9 Å². The molecule has 0 fully saturated rings. The van der Waals surface area contributed by atoms with E-state index in [1.165, 1.54) is 24.3 Å². The van der Waals surface area contributed by atoms with Crippen molar-refractivity contribution in [3.8, 4) is 0 Å². The normalized spacial score (nSPS) is 10.3. The molecule has 3 aromatic carbocycles. The number of primary amides is 1. The average molecular weight is 348 g/mol. The zero-order chi connectivity index (χ0) is 18.5. The number of anilines is 1. The summed E-state index contributed by atoms with van der Waals surface area (Å²) in [7, 11) is 0.